The van der Waals surface area contributed by atoms with Crippen LogP contribution in [0.3, 0.4) is 0 Å². The molecule has 2 saturated heterocycles. The number of piperazine rings is 1. The number of carbonyl (C=O) groups excluding carboxylic acids is 1. The molecule has 148 valence electrons. The monoisotopic (exact) mass is 378 g/mol. The standard InChI is InChI=1S/C23H30N4O/c1-2-19-8-6-7-13-27(19)23(28)22-18-21(11-12-24-22)26-16-14-25(15-17-26)20-9-4-3-5-10-20/h3-5,9-12,18-19H,2,6-8,13-17H2,1H3. The molecule has 1 unspecified atom stereocenters. The molecule has 0 bridgehead atoms. The molecule has 1 aromatic heterocycles. The second-order valence-electron chi connectivity index (χ2n) is 7.77. The molecule has 28 heavy (non-hydrogen) atoms. The van der Waals surface area contributed by atoms with E-state index in [-0.39, 0.29) is 5.91 Å². The molecule has 5 nitrogen and oxygen atoms in total. The zero-order valence-electron chi connectivity index (χ0n) is 16.8. The highest BCUT2D eigenvalue weighted by atomic mass is 16.2. The van der Waals surface area contributed by atoms with Gasteiger partial charge in [-0.3, -0.25) is 9.78 Å². The number of para-hydroxylation sites is 1. The van der Waals surface area contributed by atoms with Crippen molar-refractivity contribution in [1.82, 2.24) is 9.88 Å². The summed E-state index contributed by atoms with van der Waals surface area (Å²) in [6.07, 6.45) is 6.25. The van der Waals surface area contributed by atoms with Gasteiger partial charge in [-0.15, -0.1) is 0 Å². The number of piperidine rings is 1. The summed E-state index contributed by atoms with van der Waals surface area (Å²) in [4.78, 5) is 24.3. The van der Waals surface area contributed by atoms with Gasteiger partial charge >= 0.3 is 0 Å². The minimum absolute atomic E-state index is 0.0938. The number of anilines is 2. The van der Waals surface area contributed by atoms with Crippen LogP contribution in [-0.4, -0.2) is 54.6 Å². The smallest absolute Gasteiger partial charge is 0.272 e. The Kier molecular flexibility index (Phi) is 5.79. The number of benzene rings is 1. The largest absolute Gasteiger partial charge is 0.368 e. The van der Waals surface area contributed by atoms with Crippen molar-refractivity contribution in [1.29, 1.82) is 0 Å². The maximum atomic E-state index is 13.1. The molecule has 0 aliphatic carbocycles. The van der Waals surface area contributed by atoms with Gasteiger partial charge in [-0.2, -0.15) is 0 Å². The molecule has 4 rings (SSSR count). The number of nitrogens with zero attached hydrogens (tertiary/aromatic N) is 4. The van der Waals surface area contributed by atoms with Crippen LogP contribution in [0.15, 0.2) is 48.7 Å². The van der Waals surface area contributed by atoms with Gasteiger partial charge in [0.25, 0.3) is 5.91 Å². The summed E-state index contributed by atoms with van der Waals surface area (Å²) < 4.78 is 0. The fourth-order valence-electron chi connectivity index (χ4n) is 4.43. The Morgan fingerprint density at radius 2 is 1.68 bits per heavy atom. The van der Waals surface area contributed by atoms with Gasteiger partial charge in [0.15, 0.2) is 0 Å². The topological polar surface area (TPSA) is 39.7 Å². The van der Waals surface area contributed by atoms with Gasteiger partial charge in [-0.25, -0.2) is 0 Å². The molecule has 0 radical (unpaired) electrons. The number of hydrogen-bond donors (Lipinski definition) is 0. The molecule has 2 aromatic rings. The Balaban J connectivity index is 1.43. The van der Waals surface area contributed by atoms with Crippen molar-refractivity contribution in [2.45, 2.75) is 38.6 Å². The van der Waals surface area contributed by atoms with Crippen LogP contribution < -0.4 is 9.80 Å². The first-order valence-corrected chi connectivity index (χ1v) is 10.6. The van der Waals surface area contributed by atoms with E-state index in [0.29, 0.717) is 11.7 Å². The highest BCUT2D eigenvalue weighted by Crippen LogP contribution is 2.24. The highest BCUT2D eigenvalue weighted by molar-refractivity contribution is 5.93. The number of rotatable bonds is 4. The number of likely N-dealkylation sites (tertiary alicyclic amines) is 1. The van der Waals surface area contributed by atoms with Crippen LogP contribution in [0.4, 0.5) is 11.4 Å². The average Bonchev–Trinajstić information content (AvgIpc) is 2.79. The summed E-state index contributed by atoms with van der Waals surface area (Å²) in [6, 6.07) is 15.0. The predicted molar refractivity (Wildman–Crippen MR) is 114 cm³/mol. The quantitative estimate of drug-likeness (QED) is 0.811. The van der Waals surface area contributed by atoms with Crippen LogP contribution in [0.5, 0.6) is 0 Å². The third kappa shape index (κ3) is 3.98. The van der Waals surface area contributed by atoms with E-state index >= 15 is 0 Å². The van der Waals surface area contributed by atoms with Crippen molar-refractivity contribution in [3.05, 3.63) is 54.4 Å². The summed E-state index contributed by atoms with van der Waals surface area (Å²) in [7, 11) is 0. The highest BCUT2D eigenvalue weighted by Gasteiger charge is 2.27. The minimum atomic E-state index is 0.0938. The molecule has 2 fully saturated rings. The number of hydrogen-bond acceptors (Lipinski definition) is 4. The number of carbonyl (C=O) groups is 1. The van der Waals surface area contributed by atoms with Gasteiger partial charge in [0, 0.05) is 56.3 Å². The molecule has 0 N–H and O–H groups in total. The molecule has 2 aliphatic heterocycles. The van der Waals surface area contributed by atoms with Crippen molar-refractivity contribution in [3.8, 4) is 0 Å². The Morgan fingerprint density at radius 3 is 2.39 bits per heavy atom. The van der Waals surface area contributed by atoms with E-state index in [4.69, 9.17) is 0 Å². The van der Waals surface area contributed by atoms with Gasteiger partial charge in [-0.1, -0.05) is 25.1 Å². The molecular formula is C23H30N4O. The van der Waals surface area contributed by atoms with Crippen molar-refractivity contribution in [2.24, 2.45) is 0 Å². The number of amides is 1. The molecule has 0 spiro atoms. The lowest BCUT2D eigenvalue weighted by Crippen LogP contribution is -2.46. The van der Waals surface area contributed by atoms with Gasteiger partial charge < -0.3 is 14.7 Å². The molecule has 1 atom stereocenters. The van der Waals surface area contributed by atoms with Gasteiger partial charge in [0.2, 0.25) is 0 Å². The van der Waals surface area contributed by atoms with E-state index in [0.717, 1.165) is 57.7 Å². The first-order valence-electron chi connectivity index (χ1n) is 10.6. The molecule has 3 heterocycles. The van der Waals surface area contributed by atoms with Gasteiger partial charge in [-0.05, 0) is 49.9 Å². The number of aromatic nitrogens is 1. The van der Waals surface area contributed by atoms with Crippen LogP contribution in [0.2, 0.25) is 0 Å². The van der Waals surface area contributed by atoms with E-state index < -0.39 is 0 Å². The number of pyridine rings is 1. The summed E-state index contributed by atoms with van der Waals surface area (Å²) >= 11 is 0. The van der Waals surface area contributed by atoms with Crippen molar-refractivity contribution < 1.29 is 4.79 Å². The fourth-order valence-corrected chi connectivity index (χ4v) is 4.43. The maximum absolute atomic E-state index is 13.1. The molecule has 5 heteroatoms. The van der Waals surface area contributed by atoms with Crippen LogP contribution >= 0.6 is 0 Å². The molecule has 1 amide bonds. The normalized spacial score (nSPS) is 20.3. The second kappa shape index (κ2) is 8.63. The van der Waals surface area contributed by atoms with Crippen LogP contribution in [0.25, 0.3) is 0 Å². The van der Waals surface area contributed by atoms with E-state index in [1.54, 1.807) is 6.20 Å². The molecule has 2 aliphatic rings. The first kappa shape index (κ1) is 18.8. The van der Waals surface area contributed by atoms with Crippen molar-refractivity contribution >= 4 is 17.3 Å². The van der Waals surface area contributed by atoms with Crippen LogP contribution in [0, 0.1) is 0 Å². The second-order valence-corrected chi connectivity index (χ2v) is 7.77. The summed E-state index contributed by atoms with van der Waals surface area (Å²) in [6.45, 7) is 6.91. The molecule has 1 aromatic carbocycles. The Hall–Kier alpha value is -2.56. The lowest BCUT2D eigenvalue weighted by molar-refractivity contribution is 0.0602. The summed E-state index contributed by atoms with van der Waals surface area (Å²) in [5.41, 5.74) is 2.97. The third-order valence-electron chi connectivity index (χ3n) is 6.09. The van der Waals surface area contributed by atoms with Gasteiger partial charge in [0.05, 0.1) is 0 Å². The van der Waals surface area contributed by atoms with Crippen molar-refractivity contribution in [3.63, 3.8) is 0 Å². The zero-order chi connectivity index (χ0) is 19.3. The SMILES string of the molecule is CCC1CCCCN1C(=O)c1cc(N2CCN(c3ccccc3)CC2)ccn1. The lowest BCUT2D eigenvalue weighted by Gasteiger charge is -2.38. The van der Waals surface area contributed by atoms with Crippen molar-refractivity contribution in [2.75, 3.05) is 42.5 Å². The minimum Gasteiger partial charge on any atom is -0.368 e. The maximum Gasteiger partial charge on any atom is 0.272 e. The molecule has 0 saturated carbocycles. The van der Waals surface area contributed by atoms with E-state index in [9.17, 15) is 4.79 Å². The van der Waals surface area contributed by atoms with Crippen LogP contribution in [-0.2, 0) is 0 Å². The third-order valence-corrected chi connectivity index (χ3v) is 6.09. The predicted octanol–water partition coefficient (Wildman–Crippen LogP) is 3.81. The average molecular weight is 379 g/mol. The van der Waals surface area contributed by atoms with E-state index in [2.05, 4.69) is 52.0 Å². The Morgan fingerprint density at radius 1 is 0.964 bits per heavy atom. The Bertz CT molecular complexity index is 786. The van der Waals surface area contributed by atoms with E-state index in [1.807, 2.05) is 17.0 Å². The summed E-state index contributed by atoms with van der Waals surface area (Å²) in [5, 5.41) is 0. The molecular weight excluding hydrogens is 348 g/mol. The zero-order valence-corrected chi connectivity index (χ0v) is 16.8. The summed E-state index contributed by atoms with van der Waals surface area (Å²) in [5.74, 6) is 0.0938. The lowest BCUT2D eigenvalue weighted by atomic mass is 9.99. The van der Waals surface area contributed by atoms with Gasteiger partial charge in [0.1, 0.15) is 5.69 Å². The van der Waals surface area contributed by atoms with Crippen LogP contribution in [0.1, 0.15) is 43.1 Å². The fraction of sp³-hybridized carbons (Fsp3) is 0.478. The Labute approximate surface area is 168 Å². The van der Waals surface area contributed by atoms with E-state index in [1.165, 1.54) is 12.1 Å². The first-order chi connectivity index (χ1) is 13.8.